The van der Waals surface area contributed by atoms with Crippen LogP contribution in [0, 0.1) is 0 Å². The van der Waals surface area contributed by atoms with Gasteiger partial charge in [0.2, 0.25) is 6.08 Å². The molecule has 0 aliphatic heterocycles. The van der Waals surface area contributed by atoms with E-state index in [-0.39, 0.29) is 13.2 Å². The van der Waals surface area contributed by atoms with Gasteiger partial charge in [0.05, 0.1) is 33.0 Å². The molecule has 84 valence electrons. The molecule has 0 aromatic heterocycles. The molecule has 0 aromatic rings. The van der Waals surface area contributed by atoms with Crippen molar-refractivity contribution >= 4 is 6.08 Å². The van der Waals surface area contributed by atoms with E-state index in [9.17, 15) is 4.79 Å². The number of unbranched alkanes of at least 4 members (excludes halogenated alkanes) is 1. The minimum Gasteiger partial charge on any atom is -0.394 e. The van der Waals surface area contributed by atoms with Crippen LogP contribution in [-0.2, 0) is 9.53 Å². The first-order valence-electron chi connectivity index (χ1n) is 4.66. The summed E-state index contributed by atoms with van der Waals surface area (Å²) in [4.78, 5) is 12.7. The maximum Gasteiger partial charge on any atom is 0.234 e. The van der Waals surface area contributed by atoms with Crippen LogP contribution in [0.4, 0.5) is 0 Å². The second-order valence-electron chi connectivity index (χ2n) is 2.39. The number of ether oxygens (including phenoxy) is 1. The van der Waals surface area contributed by atoms with Gasteiger partial charge in [-0.15, -0.1) is 0 Å². The highest BCUT2D eigenvalue weighted by molar-refractivity contribution is 5.32. The first kappa shape index (κ1) is 15.7. The van der Waals surface area contributed by atoms with E-state index >= 15 is 0 Å². The summed E-state index contributed by atoms with van der Waals surface area (Å²) in [5.41, 5.74) is 0. The minimum absolute atomic E-state index is 0.0278. The van der Waals surface area contributed by atoms with Crippen molar-refractivity contribution in [2.75, 3.05) is 33.0 Å². The maximum atomic E-state index is 9.39. The van der Waals surface area contributed by atoms with Gasteiger partial charge in [-0.2, -0.15) is 0 Å². The van der Waals surface area contributed by atoms with E-state index in [2.05, 4.69) is 16.7 Å². The van der Waals surface area contributed by atoms with Crippen LogP contribution in [0.3, 0.4) is 0 Å². The fourth-order valence-corrected chi connectivity index (χ4v) is 0.514. The molecule has 0 atom stereocenters. The van der Waals surface area contributed by atoms with Gasteiger partial charge in [0.1, 0.15) is 0 Å². The van der Waals surface area contributed by atoms with Crippen molar-refractivity contribution < 1.29 is 19.7 Å². The van der Waals surface area contributed by atoms with E-state index < -0.39 is 0 Å². The van der Waals surface area contributed by atoms with E-state index in [1.807, 2.05) is 0 Å². The zero-order chi connectivity index (χ0) is 11.1. The van der Waals surface area contributed by atoms with Crippen LogP contribution in [-0.4, -0.2) is 49.3 Å². The summed E-state index contributed by atoms with van der Waals surface area (Å²) in [5, 5.41) is 16.2. The molecule has 0 amide bonds. The Morgan fingerprint density at radius 2 is 1.86 bits per heavy atom. The summed E-state index contributed by atoms with van der Waals surface area (Å²) in [6.07, 6.45) is 3.56. The largest absolute Gasteiger partial charge is 0.394 e. The van der Waals surface area contributed by atoms with Crippen molar-refractivity contribution in [2.45, 2.75) is 19.8 Å². The minimum atomic E-state index is 0.0278. The lowest BCUT2D eigenvalue weighted by Gasteiger charge is -1.94. The number of isocyanates is 1. The molecule has 14 heavy (non-hydrogen) atoms. The van der Waals surface area contributed by atoms with Crippen molar-refractivity contribution in [3.05, 3.63) is 0 Å². The molecule has 0 aromatic carbocycles. The number of hydrogen-bond donors (Lipinski definition) is 2. The van der Waals surface area contributed by atoms with Crippen LogP contribution in [0.1, 0.15) is 19.8 Å². The summed E-state index contributed by atoms with van der Waals surface area (Å²) in [7, 11) is 0. The highest BCUT2D eigenvalue weighted by atomic mass is 16.5. The van der Waals surface area contributed by atoms with Crippen molar-refractivity contribution in [1.29, 1.82) is 0 Å². The zero-order valence-electron chi connectivity index (χ0n) is 8.61. The Bertz CT molecular complexity index is 131. The molecular formula is C9H19NO4. The number of nitrogens with zero attached hydrogens (tertiary/aromatic N) is 1. The average Bonchev–Trinajstić information content (AvgIpc) is 2.21. The van der Waals surface area contributed by atoms with Crippen molar-refractivity contribution in [2.24, 2.45) is 4.99 Å². The topological polar surface area (TPSA) is 79.1 Å². The molecular weight excluding hydrogens is 186 g/mol. The first-order chi connectivity index (χ1) is 6.83. The fourth-order valence-electron chi connectivity index (χ4n) is 0.514. The highest BCUT2D eigenvalue weighted by Crippen LogP contribution is 1.83. The molecule has 0 bridgehead atoms. The van der Waals surface area contributed by atoms with Gasteiger partial charge in [0.15, 0.2) is 0 Å². The van der Waals surface area contributed by atoms with Crippen LogP contribution in [0.25, 0.3) is 0 Å². The molecule has 0 radical (unpaired) electrons. The highest BCUT2D eigenvalue weighted by Gasteiger charge is 1.79. The van der Waals surface area contributed by atoms with Gasteiger partial charge >= 0.3 is 0 Å². The van der Waals surface area contributed by atoms with E-state index in [1.165, 1.54) is 6.08 Å². The lowest BCUT2D eigenvalue weighted by atomic mass is 10.3. The molecule has 2 N–H and O–H groups in total. The van der Waals surface area contributed by atoms with Crippen LogP contribution < -0.4 is 0 Å². The Morgan fingerprint density at radius 3 is 2.21 bits per heavy atom. The van der Waals surface area contributed by atoms with Gasteiger partial charge in [-0.1, -0.05) is 13.3 Å². The third-order valence-corrected chi connectivity index (χ3v) is 1.16. The molecule has 0 saturated carbocycles. The van der Waals surface area contributed by atoms with Crippen molar-refractivity contribution in [3.63, 3.8) is 0 Å². The van der Waals surface area contributed by atoms with E-state index in [0.717, 1.165) is 12.8 Å². The van der Waals surface area contributed by atoms with Gasteiger partial charge in [-0.25, -0.2) is 9.79 Å². The smallest absolute Gasteiger partial charge is 0.234 e. The van der Waals surface area contributed by atoms with Crippen LogP contribution in [0.5, 0.6) is 0 Å². The Balaban J connectivity index is 0. The fraction of sp³-hybridized carbons (Fsp3) is 0.889. The Labute approximate surface area is 84.4 Å². The number of aliphatic imine (C=N–C) groups is 1. The lowest BCUT2D eigenvalue weighted by Crippen LogP contribution is -2.03. The Morgan fingerprint density at radius 1 is 1.29 bits per heavy atom. The zero-order valence-corrected chi connectivity index (χ0v) is 8.61. The number of hydrogen-bond acceptors (Lipinski definition) is 5. The van der Waals surface area contributed by atoms with Crippen LogP contribution >= 0.6 is 0 Å². The molecule has 5 nitrogen and oxygen atoms in total. The summed E-state index contributed by atoms with van der Waals surface area (Å²) < 4.78 is 4.63. The number of aliphatic hydroxyl groups excluding tert-OH is 2. The molecule has 0 aliphatic rings. The van der Waals surface area contributed by atoms with Crippen LogP contribution in [0.2, 0.25) is 0 Å². The van der Waals surface area contributed by atoms with Gasteiger partial charge in [-0.05, 0) is 6.42 Å². The Hall–Kier alpha value is -0.740. The Kier molecular flexibility index (Phi) is 20.4. The van der Waals surface area contributed by atoms with Gasteiger partial charge < -0.3 is 14.9 Å². The van der Waals surface area contributed by atoms with Crippen LogP contribution in [0.15, 0.2) is 4.99 Å². The molecule has 0 spiro atoms. The molecule has 0 heterocycles. The summed E-state index contributed by atoms with van der Waals surface area (Å²) in [6, 6.07) is 0. The van der Waals surface area contributed by atoms with Crippen molar-refractivity contribution in [1.82, 2.24) is 0 Å². The molecule has 0 aliphatic carbocycles. The second-order valence-corrected chi connectivity index (χ2v) is 2.39. The monoisotopic (exact) mass is 205 g/mol. The summed E-state index contributed by atoms with van der Waals surface area (Å²) in [6.45, 7) is 3.39. The molecule has 0 unspecified atom stereocenters. The normalized spacial score (nSPS) is 8.50. The standard InChI is InChI=1S/C5H9NO.C4H10O3/c1-2-3-4-6-5-7;5-1-3-7-4-2-6/h2-4H2,1H3;5-6H,1-4H2. The van der Waals surface area contributed by atoms with E-state index in [1.54, 1.807) is 0 Å². The average molecular weight is 205 g/mol. The van der Waals surface area contributed by atoms with Gasteiger partial charge in [-0.3, -0.25) is 0 Å². The number of aliphatic hydroxyl groups is 2. The van der Waals surface area contributed by atoms with E-state index in [4.69, 9.17) is 10.2 Å². The maximum absolute atomic E-state index is 9.39. The number of rotatable bonds is 7. The first-order valence-corrected chi connectivity index (χ1v) is 4.66. The second kappa shape index (κ2) is 18.1. The number of carbonyl (C=O) groups excluding carboxylic acids is 1. The summed E-state index contributed by atoms with van der Waals surface area (Å²) in [5.74, 6) is 0. The molecule has 0 fully saturated rings. The van der Waals surface area contributed by atoms with Crippen molar-refractivity contribution in [3.8, 4) is 0 Å². The van der Waals surface area contributed by atoms with Gasteiger partial charge in [0.25, 0.3) is 0 Å². The third-order valence-electron chi connectivity index (χ3n) is 1.16. The SMILES string of the molecule is CCCCN=C=O.OCCOCCO. The third kappa shape index (κ3) is 22.5. The predicted octanol–water partition coefficient (Wildman–Crippen LogP) is 0.110. The van der Waals surface area contributed by atoms with Gasteiger partial charge in [0, 0.05) is 0 Å². The van der Waals surface area contributed by atoms with E-state index in [0.29, 0.717) is 19.8 Å². The molecule has 0 rings (SSSR count). The lowest BCUT2D eigenvalue weighted by molar-refractivity contribution is 0.0650. The summed E-state index contributed by atoms with van der Waals surface area (Å²) >= 11 is 0. The quantitative estimate of drug-likeness (QED) is 0.351. The molecule has 5 heteroatoms. The molecule has 0 saturated heterocycles. The predicted molar refractivity (Wildman–Crippen MR) is 52.9 cm³/mol.